The van der Waals surface area contributed by atoms with Crippen LogP contribution in [0.4, 0.5) is 10.2 Å². The maximum Gasteiger partial charge on any atom is 0.151 e. The molecule has 0 saturated heterocycles. The lowest BCUT2D eigenvalue weighted by Gasteiger charge is -2.17. The smallest absolute Gasteiger partial charge is 0.151 e. The quantitative estimate of drug-likeness (QED) is 0.796. The van der Waals surface area contributed by atoms with Gasteiger partial charge in [-0.05, 0) is 18.2 Å². The first-order valence-electron chi connectivity index (χ1n) is 5.54. The Balaban J connectivity index is 2.11. The van der Waals surface area contributed by atoms with E-state index in [1.54, 1.807) is 12.1 Å². The minimum absolute atomic E-state index is 0.213. The number of anilines is 1. The summed E-state index contributed by atoms with van der Waals surface area (Å²) in [6.45, 7) is 0.446. The molecule has 18 heavy (non-hydrogen) atoms. The summed E-state index contributed by atoms with van der Waals surface area (Å²) in [6.07, 6.45) is 0. The molecule has 0 aliphatic heterocycles. The number of hydrogen-bond acceptors (Lipinski definition) is 3. The second kappa shape index (κ2) is 5.78. The molecule has 0 radical (unpaired) electrons. The Kier molecular flexibility index (Phi) is 4.10. The Morgan fingerprint density at radius 3 is 2.56 bits per heavy atom. The average molecular weight is 266 g/mol. The fraction of sp³-hybridized carbons (Fsp3) is 0.231. The summed E-state index contributed by atoms with van der Waals surface area (Å²) in [7, 11) is 1.84. The van der Waals surface area contributed by atoms with Crippen molar-refractivity contribution in [3.63, 3.8) is 0 Å². The second-order valence-corrected chi connectivity index (χ2v) is 4.23. The SMILES string of the molecule is CN(Cc1ccccc1F)c1ccc(CCl)nn1. The standard InChI is InChI=1S/C13H13ClFN3/c1-18(9-10-4-2-3-5-12(10)15)13-7-6-11(8-14)16-17-13/h2-7H,8-9H2,1H3. The van der Waals surface area contributed by atoms with Crippen LogP contribution in [0.15, 0.2) is 36.4 Å². The van der Waals surface area contributed by atoms with Gasteiger partial charge < -0.3 is 4.90 Å². The van der Waals surface area contributed by atoms with Crippen LogP contribution >= 0.6 is 11.6 Å². The molecule has 0 amide bonds. The molecule has 5 heteroatoms. The van der Waals surface area contributed by atoms with E-state index in [0.717, 1.165) is 5.69 Å². The molecule has 0 aliphatic rings. The van der Waals surface area contributed by atoms with Crippen LogP contribution in [0.1, 0.15) is 11.3 Å². The van der Waals surface area contributed by atoms with E-state index in [9.17, 15) is 4.39 Å². The third-order valence-corrected chi connectivity index (χ3v) is 2.87. The molecule has 0 N–H and O–H groups in total. The van der Waals surface area contributed by atoms with E-state index in [4.69, 9.17) is 11.6 Å². The van der Waals surface area contributed by atoms with Crippen LogP contribution in [0, 0.1) is 5.82 Å². The predicted molar refractivity (Wildman–Crippen MR) is 70.1 cm³/mol. The third-order valence-electron chi connectivity index (χ3n) is 2.60. The topological polar surface area (TPSA) is 29.0 Å². The van der Waals surface area contributed by atoms with Gasteiger partial charge in [-0.3, -0.25) is 0 Å². The first-order valence-corrected chi connectivity index (χ1v) is 6.07. The fourth-order valence-electron chi connectivity index (χ4n) is 1.59. The minimum Gasteiger partial charge on any atom is -0.354 e. The van der Waals surface area contributed by atoms with Crippen LogP contribution in [-0.4, -0.2) is 17.2 Å². The zero-order valence-electron chi connectivity index (χ0n) is 9.98. The summed E-state index contributed by atoms with van der Waals surface area (Å²) < 4.78 is 13.5. The van der Waals surface area contributed by atoms with Crippen molar-refractivity contribution >= 4 is 17.4 Å². The van der Waals surface area contributed by atoms with Gasteiger partial charge in [0.2, 0.25) is 0 Å². The van der Waals surface area contributed by atoms with Crippen molar-refractivity contribution in [2.45, 2.75) is 12.4 Å². The number of rotatable bonds is 4. The molecule has 0 bridgehead atoms. The van der Waals surface area contributed by atoms with E-state index in [-0.39, 0.29) is 5.82 Å². The number of halogens is 2. The molecule has 0 saturated carbocycles. The lowest BCUT2D eigenvalue weighted by Crippen LogP contribution is -2.19. The van der Waals surface area contributed by atoms with Gasteiger partial charge in [0.15, 0.2) is 5.82 Å². The molecule has 0 aliphatic carbocycles. The zero-order valence-corrected chi connectivity index (χ0v) is 10.7. The number of hydrogen-bond donors (Lipinski definition) is 0. The Morgan fingerprint density at radius 1 is 1.17 bits per heavy atom. The molecule has 94 valence electrons. The number of aromatic nitrogens is 2. The van der Waals surface area contributed by atoms with Gasteiger partial charge in [0, 0.05) is 19.2 Å². The fourth-order valence-corrected chi connectivity index (χ4v) is 1.73. The van der Waals surface area contributed by atoms with E-state index in [1.807, 2.05) is 30.1 Å². The van der Waals surface area contributed by atoms with Crippen LogP contribution in [0.25, 0.3) is 0 Å². The Bertz CT molecular complexity index is 516. The summed E-state index contributed by atoms with van der Waals surface area (Å²) in [6, 6.07) is 10.3. The molecule has 0 unspecified atom stereocenters. The average Bonchev–Trinajstić information content (AvgIpc) is 2.41. The molecule has 3 nitrogen and oxygen atoms in total. The predicted octanol–water partition coefficient (Wildman–Crippen LogP) is 2.99. The first kappa shape index (κ1) is 12.8. The number of benzene rings is 1. The van der Waals surface area contributed by atoms with Gasteiger partial charge in [0.25, 0.3) is 0 Å². The molecule has 1 heterocycles. The van der Waals surface area contributed by atoms with Crippen molar-refractivity contribution in [3.8, 4) is 0 Å². The van der Waals surface area contributed by atoms with Gasteiger partial charge in [0.1, 0.15) is 5.82 Å². The van der Waals surface area contributed by atoms with E-state index in [0.29, 0.717) is 23.8 Å². The Morgan fingerprint density at radius 2 is 1.94 bits per heavy atom. The minimum atomic E-state index is -0.213. The number of nitrogens with zero attached hydrogens (tertiary/aromatic N) is 3. The summed E-state index contributed by atoms with van der Waals surface area (Å²) >= 11 is 5.64. The van der Waals surface area contributed by atoms with Crippen molar-refractivity contribution in [2.24, 2.45) is 0 Å². The van der Waals surface area contributed by atoms with Crippen molar-refractivity contribution in [1.82, 2.24) is 10.2 Å². The first-order chi connectivity index (χ1) is 8.70. The molecule has 0 fully saturated rings. The summed E-state index contributed by atoms with van der Waals surface area (Å²) in [4.78, 5) is 1.84. The van der Waals surface area contributed by atoms with Gasteiger partial charge in [-0.15, -0.1) is 16.7 Å². The highest BCUT2D eigenvalue weighted by Crippen LogP contribution is 2.14. The van der Waals surface area contributed by atoms with Gasteiger partial charge in [-0.25, -0.2) is 4.39 Å². The van der Waals surface area contributed by atoms with Crippen molar-refractivity contribution in [3.05, 3.63) is 53.5 Å². The van der Waals surface area contributed by atoms with Crippen molar-refractivity contribution < 1.29 is 4.39 Å². The third kappa shape index (κ3) is 2.96. The van der Waals surface area contributed by atoms with Gasteiger partial charge >= 0.3 is 0 Å². The van der Waals surface area contributed by atoms with Crippen molar-refractivity contribution in [2.75, 3.05) is 11.9 Å². The molecule has 1 aromatic carbocycles. The lowest BCUT2D eigenvalue weighted by atomic mass is 10.2. The van der Waals surface area contributed by atoms with Crippen LogP contribution in [0.3, 0.4) is 0 Å². The highest BCUT2D eigenvalue weighted by atomic mass is 35.5. The van der Waals surface area contributed by atoms with Gasteiger partial charge in [-0.2, -0.15) is 5.10 Å². The Labute approximate surface area is 110 Å². The summed E-state index contributed by atoms with van der Waals surface area (Å²) in [5, 5.41) is 8.01. The lowest BCUT2D eigenvalue weighted by molar-refractivity contribution is 0.607. The molecule has 0 spiro atoms. The normalized spacial score (nSPS) is 10.4. The van der Waals surface area contributed by atoms with E-state index < -0.39 is 0 Å². The van der Waals surface area contributed by atoms with Crippen LogP contribution in [-0.2, 0) is 12.4 Å². The zero-order chi connectivity index (χ0) is 13.0. The van der Waals surface area contributed by atoms with Gasteiger partial charge in [-0.1, -0.05) is 18.2 Å². The largest absolute Gasteiger partial charge is 0.354 e. The van der Waals surface area contributed by atoms with Crippen molar-refractivity contribution in [1.29, 1.82) is 0 Å². The maximum absolute atomic E-state index is 13.5. The summed E-state index contributed by atoms with van der Waals surface area (Å²) in [5.41, 5.74) is 1.35. The monoisotopic (exact) mass is 265 g/mol. The van der Waals surface area contributed by atoms with Crippen LogP contribution in [0.5, 0.6) is 0 Å². The Hall–Kier alpha value is -1.68. The van der Waals surface area contributed by atoms with E-state index >= 15 is 0 Å². The highest BCUT2D eigenvalue weighted by Gasteiger charge is 2.07. The molecule has 1 aromatic heterocycles. The highest BCUT2D eigenvalue weighted by molar-refractivity contribution is 6.16. The molecule has 2 aromatic rings. The van der Waals surface area contributed by atoms with Crippen LogP contribution in [0.2, 0.25) is 0 Å². The number of alkyl halides is 1. The molecule has 2 rings (SSSR count). The molecular formula is C13H13ClFN3. The van der Waals surface area contributed by atoms with Gasteiger partial charge in [0.05, 0.1) is 11.6 Å². The van der Waals surface area contributed by atoms with E-state index in [2.05, 4.69) is 10.2 Å². The van der Waals surface area contributed by atoms with E-state index in [1.165, 1.54) is 6.07 Å². The maximum atomic E-state index is 13.5. The second-order valence-electron chi connectivity index (χ2n) is 3.96. The summed E-state index contributed by atoms with van der Waals surface area (Å²) in [5.74, 6) is 0.812. The molecule has 0 atom stereocenters. The van der Waals surface area contributed by atoms with Crippen LogP contribution < -0.4 is 4.90 Å². The molecular weight excluding hydrogens is 253 g/mol.